The van der Waals surface area contributed by atoms with Crippen molar-refractivity contribution in [1.29, 1.82) is 0 Å². The summed E-state index contributed by atoms with van der Waals surface area (Å²) < 4.78 is 12.4. The van der Waals surface area contributed by atoms with E-state index in [0.717, 1.165) is 5.56 Å². The van der Waals surface area contributed by atoms with E-state index >= 15 is 0 Å². The van der Waals surface area contributed by atoms with Crippen LogP contribution in [0.5, 0.6) is 0 Å². The van der Waals surface area contributed by atoms with Gasteiger partial charge in [0.2, 0.25) is 0 Å². The number of aromatic nitrogens is 1. The zero-order valence-corrected chi connectivity index (χ0v) is 21.5. The summed E-state index contributed by atoms with van der Waals surface area (Å²) in [7, 11) is 0. The highest BCUT2D eigenvalue weighted by Crippen LogP contribution is 2.15. The van der Waals surface area contributed by atoms with Crippen molar-refractivity contribution >= 4 is 18.0 Å². The maximum atomic E-state index is 12.8. The molecule has 1 heterocycles. The molecule has 35 heavy (non-hydrogen) atoms. The molecule has 0 spiro atoms. The molecular formula is C27H38N3O5+. The number of amides is 2. The Labute approximate surface area is 208 Å². The van der Waals surface area contributed by atoms with E-state index in [1.165, 1.54) is 0 Å². The standard InChI is InChI=1S/C27H37N3O5/c1-7-19(2)23(25(32)35-27(4,5)6)29-24(31)22-13-15-30(16-14-22)18-34-26(33)28-20(3)17-21-11-9-8-10-12-21/h8-16,19-20,23H,7,17-18H2,1-6H3,(H-,28,29,31,33)/p+1/t19-,20-,23-/m0/s1. The molecule has 3 atom stereocenters. The van der Waals surface area contributed by atoms with Gasteiger partial charge in [-0.2, -0.15) is 4.57 Å². The van der Waals surface area contributed by atoms with Crippen LogP contribution in [0.4, 0.5) is 4.79 Å². The van der Waals surface area contributed by atoms with E-state index in [9.17, 15) is 14.4 Å². The molecule has 1 aromatic carbocycles. The average molecular weight is 485 g/mol. The van der Waals surface area contributed by atoms with E-state index in [1.807, 2.05) is 51.1 Å². The van der Waals surface area contributed by atoms with Gasteiger partial charge >= 0.3 is 12.1 Å². The molecule has 0 aliphatic rings. The first-order valence-electron chi connectivity index (χ1n) is 12.0. The van der Waals surface area contributed by atoms with E-state index in [-0.39, 0.29) is 24.6 Å². The molecule has 0 saturated carbocycles. The number of hydrogen-bond acceptors (Lipinski definition) is 5. The predicted molar refractivity (Wildman–Crippen MR) is 132 cm³/mol. The summed E-state index contributed by atoms with van der Waals surface area (Å²) in [5.41, 5.74) is 0.877. The molecular weight excluding hydrogens is 446 g/mol. The lowest BCUT2D eigenvalue weighted by molar-refractivity contribution is -0.727. The summed E-state index contributed by atoms with van der Waals surface area (Å²) in [6.45, 7) is 11.2. The molecule has 0 radical (unpaired) electrons. The van der Waals surface area contributed by atoms with Gasteiger partial charge in [-0.3, -0.25) is 4.79 Å². The average Bonchev–Trinajstić information content (AvgIpc) is 2.80. The molecule has 0 bridgehead atoms. The van der Waals surface area contributed by atoms with Gasteiger partial charge in [0, 0.05) is 18.2 Å². The number of nitrogens with zero attached hydrogens (tertiary/aromatic N) is 1. The zero-order chi connectivity index (χ0) is 26.0. The molecule has 0 aliphatic carbocycles. The van der Waals surface area contributed by atoms with Gasteiger partial charge in [0.25, 0.3) is 12.6 Å². The largest absolute Gasteiger partial charge is 0.458 e. The molecule has 8 heteroatoms. The highest BCUT2D eigenvalue weighted by Gasteiger charge is 2.30. The molecule has 2 aromatic rings. The second-order valence-corrected chi connectivity index (χ2v) is 9.77. The smallest absolute Gasteiger partial charge is 0.412 e. The van der Waals surface area contributed by atoms with Crippen molar-refractivity contribution in [3.63, 3.8) is 0 Å². The first kappa shape index (κ1) is 27.8. The molecule has 190 valence electrons. The molecule has 0 saturated heterocycles. The molecule has 0 fully saturated rings. The van der Waals surface area contributed by atoms with Crippen molar-refractivity contribution < 1.29 is 28.4 Å². The molecule has 2 N–H and O–H groups in total. The Kier molecular flexibility index (Phi) is 10.2. The number of ether oxygens (including phenoxy) is 2. The number of esters is 1. The predicted octanol–water partition coefficient (Wildman–Crippen LogP) is 3.78. The van der Waals surface area contributed by atoms with Crippen molar-refractivity contribution in [1.82, 2.24) is 10.6 Å². The number of benzene rings is 1. The van der Waals surface area contributed by atoms with Crippen LogP contribution in [0.15, 0.2) is 54.9 Å². The van der Waals surface area contributed by atoms with E-state index < -0.39 is 23.7 Å². The zero-order valence-electron chi connectivity index (χ0n) is 21.5. The van der Waals surface area contributed by atoms with Crippen molar-refractivity contribution in [3.8, 4) is 0 Å². The lowest BCUT2D eigenvalue weighted by Crippen LogP contribution is -2.48. The molecule has 8 nitrogen and oxygen atoms in total. The normalized spacial score (nSPS) is 13.8. The van der Waals surface area contributed by atoms with Crippen LogP contribution in [0.2, 0.25) is 0 Å². The van der Waals surface area contributed by atoms with Crippen LogP contribution in [0.3, 0.4) is 0 Å². The van der Waals surface area contributed by atoms with Gasteiger partial charge in [0.15, 0.2) is 12.4 Å². The Morgan fingerprint density at radius 3 is 2.17 bits per heavy atom. The van der Waals surface area contributed by atoms with Crippen molar-refractivity contribution in [2.24, 2.45) is 5.92 Å². The molecule has 2 rings (SSSR count). The third kappa shape index (κ3) is 9.76. The number of nitrogens with one attached hydrogen (secondary N) is 2. The third-order valence-electron chi connectivity index (χ3n) is 5.41. The van der Waals surface area contributed by atoms with Gasteiger partial charge in [-0.15, -0.1) is 0 Å². The van der Waals surface area contributed by atoms with Gasteiger partial charge in [-0.05, 0) is 45.6 Å². The maximum absolute atomic E-state index is 12.8. The van der Waals surface area contributed by atoms with Crippen LogP contribution >= 0.6 is 0 Å². The molecule has 1 aromatic heterocycles. The summed E-state index contributed by atoms with van der Waals surface area (Å²) in [6.07, 6.45) is 4.18. The van der Waals surface area contributed by atoms with Gasteiger partial charge in [-0.1, -0.05) is 50.6 Å². The van der Waals surface area contributed by atoms with Crippen molar-refractivity contribution in [3.05, 3.63) is 66.0 Å². The lowest BCUT2D eigenvalue weighted by atomic mass is 9.98. The lowest BCUT2D eigenvalue weighted by Gasteiger charge is -2.27. The van der Waals surface area contributed by atoms with Crippen LogP contribution in [0.25, 0.3) is 0 Å². The first-order valence-corrected chi connectivity index (χ1v) is 12.0. The summed E-state index contributed by atoms with van der Waals surface area (Å²) in [6, 6.07) is 12.3. The monoisotopic (exact) mass is 484 g/mol. The van der Waals surface area contributed by atoms with Crippen LogP contribution in [-0.4, -0.2) is 35.7 Å². The number of carbonyl (C=O) groups is 3. The topological polar surface area (TPSA) is 97.6 Å². The van der Waals surface area contributed by atoms with Gasteiger partial charge in [-0.25, -0.2) is 9.59 Å². The van der Waals surface area contributed by atoms with Gasteiger partial charge in [0.1, 0.15) is 11.6 Å². The fourth-order valence-corrected chi connectivity index (χ4v) is 3.35. The highest BCUT2D eigenvalue weighted by atomic mass is 16.6. The Balaban J connectivity index is 1.88. The van der Waals surface area contributed by atoms with Crippen LogP contribution < -0.4 is 15.2 Å². The molecule has 0 aliphatic heterocycles. The number of alkyl carbamates (subject to hydrolysis) is 1. The van der Waals surface area contributed by atoms with Crippen LogP contribution in [0, 0.1) is 5.92 Å². The minimum absolute atomic E-state index is 0.000802. The van der Waals surface area contributed by atoms with Crippen LogP contribution in [0.1, 0.15) is 63.9 Å². The molecule has 0 unspecified atom stereocenters. The minimum atomic E-state index is -0.746. The SMILES string of the molecule is CC[C@H](C)[C@H](NC(=O)c1cc[n+](COC(=O)N[C@@H](C)Cc2ccccc2)cc1)C(=O)OC(C)(C)C. The van der Waals surface area contributed by atoms with Gasteiger partial charge in [0.05, 0.1) is 5.56 Å². The van der Waals surface area contributed by atoms with E-state index in [4.69, 9.17) is 9.47 Å². The van der Waals surface area contributed by atoms with Crippen molar-refractivity contribution in [2.75, 3.05) is 0 Å². The number of pyridine rings is 1. The Bertz CT molecular complexity index is 971. The number of rotatable bonds is 10. The van der Waals surface area contributed by atoms with E-state index in [0.29, 0.717) is 18.4 Å². The maximum Gasteiger partial charge on any atom is 0.412 e. The second-order valence-electron chi connectivity index (χ2n) is 9.77. The second kappa shape index (κ2) is 12.9. The summed E-state index contributed by atoms with van der Waals surface area (Å²) >= 11 is 0. The summed E-state index contributed by atoms with van der Waals surface area (Å²) in [5.74, 6) is -0.910. The fraction of sp³-hybridized carbons (Fsp3) is 0.481. The van der Waals surface area contributed by atoms with E-state index in [1.54, 1.807) is 49.9 Å². The molecule has 2 amide bonds. The number of hydrogen-bond donors (Lipinski definition) is 2. The Morgan fingerprint density at radius 2 is 1.60 bits per heavy atom. The summed E-state index contributed by atoms with van der Waals surface area (Å²) in [4.78, 5) is 37.5. The van der Waals surface area contributed by atoms with E-state index in [2.05, 4.69) is 10.6 Å². The van der Waals surface area contributed by atoms with Crippen LogP contribution in [-0.2, 0) is 27.4 Å². The Morgan fingerprint density at radius 1 is 0.971 bits per heavy atom. The summed E-state index contributed by atoms with van der Waals surface area (Å²) in [5, 5.41) is 5.61. The van der Waals surface area contributed by atoms with Gasteiger partial charge < -0.3 is 20.1 Å². The quantitative estimate of drug-likeness (QED) is 0.395. The number of carbonyl (C=O) groups excluding carboxylic acids is 3. The first-order chi connectivity index (χ1) is 16.5. The fourth-order valence-electron chi connectivity index (χ4n) is 3.35. The Hall–Kier alpha value is -3.42. The highest BCUT2D eigenvalue weighted by molar-refractivity contribution is 5.96. The minimum Gasteiger partial charge on any atom is -0.458 e. The third-order valence-corrected chi connectivity index (χ3v) is 5.41. The van der Waals surface area contributed by atoms with Crippen molar-refractivity contribution in [2.45, 2.75) is 78.8 Å².